The van der Waals surface area contributed by atoms with Crippen LogP contribution >= 0.6 is 0 Å². The van der Waals surface area contributed by atoms with Gasteiger partial charge in [0.05, 0.1) is 0 Å². The van der Waals surface area contributed by atoms with Crippen LogP contribution in [0.5, 0.6) is 0 Å². The molecule has 1 rings (SSSR count). The zero-order valence-corrected chi connectivity index (χ0v) is 10.7. The van der Waals surface area contributed by atoms with E-state index in [1.54, 1.807) is 0 Å². The minimum atomic E-state index is -0.0403. The number of halogens is 1. The second-order valence-corrected chi connectivity index (χ2v) is 8.16. The topological polar surface area (TPSA) is 58.9 Å². The molecule has 0 aromatic rings. The third-order valence-corrected chi connectivity index (χ3v) is 8.45. The summed E-state index contributed by atoms with van der Waals surface area (Å²) < 4.78 is 10.4. The third-order valence-electron chi connectivity index (χ3n) is 1.08. The average molecular weight is 335 g/mol. The van der Waals surface area contributed by atoms with Crippen molar-refractivity contribution in [3.05, 3.63) is 0 Å². The van der Waals surface area contributed by atoms with Crippen LogP contribution in [0.2, 0.25) is 4.22 Å². The summed E-state index contributed by atoms with van der Waals surface area (Å²) in [7, 11) is 0. The zero-order chi connectivity index (χ0) is 10.1. The molecule has 0 amide bonds. The Morgan fingerprint density at radius 1 is 1.15 bits per heavy atom. The molecular weight excluding hydrogens is 329 g/mol. The Morgan fingerprint density at radius 2 is 1.54 bits per heavy atom. The summed E-state index contributed by atoms with van der Waals surface area (Å²) >= 11 is 2.14. The van der Waals surface area contributed by atoms with Gasteiger partial charge in [0.15, 0.2) is 13.0 Å². The first-order valence-electron chi connectivity index (χ1n) is 2.94. The second kappa shape index (κ2) is 8.67. The normalized spacial score (nSPS) is 24.8. The van der Waals surface area contributed by atoms with E-state index in [0.717, 1.165) is 4.22 Å². The summed E-state index contributed by atoms with van der Waals surface area (Å²) in [5.74, 6) is 0. The molecule has 72 valence electrons. The number of rotatable bonds is 2. The minimum absolute atomic E-state index is 0.0403. The van der Waals surface area contributed by atoms with Gasteiger partial charge >= 0.3 is 75.7 Å². The molecule has 1 aliphatic rings. The van der Waals surface area contributed by atoms with Crippen molar-refractivity contribution in [2.75, 3.05) is 0 Å². The van der Waals surface area contributed by atoms with E-state index in [1.807, 2.05) is 0 Å². The van der Waals surface area contributed by atoms with Gasteiger partial charge in [-0.3, -0.25) is 0 Å². The fourth-order valence-corrected chi connectivity index (χ4v) is 8.45. The van der Waals surface area contributed by atoms with Crippen LogP contribution in [0.15, 0.2) is 9.98 Å². The molecular formula is C5H6FN2O2SSe2+. The molecule has 0 spiro atoms. The monoisotopic (exact) mass is 337 g/mol. The molecule has 2 atom stereocenters. The molecule has 0 bridgehead atoms. The molecule has 0 aromatic heterocycles. The van der Waals surface area contributed by atoms with Gasteiger partial charge in [0.2, 0.25) is 0 Å². The van der Waals surface area contributed by atoms with Crippen molar-refractivity contribution in [1.29, 1.82) is 0 Å². The van der Waals surface area contributed by atoms with Crippen LogP contribution in [0.25, 0.3) is 0 Å². The van der Waals surface area contributed by atoms with E-state index in [4.69, 9.17) is 0 Å². The standard InChI is InChI=1S/C5H4N2O2Se2.FHS/c8-1-6-4-5(7-2-9)11-3-10-4;1-2/h4-5H,3H2;2H/p+1. The molecule has 8 heteroatoms. The van der Waals surface area contributed by atoms with Gasteiger partial charge in [-0.05, 0) is 0 Å². The number of carbonyl (C=O) groups excluding carboxylic acids is 2. The van der Waals surface area contributed by atoms with Crippen LogP contribution in [0.3, 0.4) is 0 Å². The van der Waals surface area contributed by atoms with Crippen molar-refractivity contribution in [1.82, 2.24) is 0 Å². The molecule has 0 saturated carbocycles. The molecule has 0 N–H and O–H groups in total. The first kappa shape index (κ1) is 13.1. The van der Waals surface area contributed by atoms with Crippen molar-refractivity contribution < 1.29 is 13.5 Å². The first-order valence-corrected chi connectivity index (χ1v) is 7.72. The van der Waals surface area contributed by atoms with Crippen LogP contribution in [0.4, 0.5) is 3.89 Å². The Labute approximate surface area is 92.5 Å². The van der Waals surface area contributed by atoms with Crippen molar-refractivity contribution in [3.8, 4) is 0 Å². The summed E-state index contributed by atoms with van der Waals surface area (Å²) in [6.45, 7) is 0. The van der Waals surface area contributed by atoms with E-state index >= 15 is 0 Å². The maximum atomic E-state index is 9.90. The van der Waals surface area contributed by atoms with E-state index in [1.165, 1.54) is 25.2 Å². The number of aliphatic imine (C=N–C) groups is 2. The molecule has 0 aromatic carbocycles. The van der Waals surface area contributed by atoms with Gasteiger partial charge in [-0.15, -0.1) is 0 Å². The molecule has 2 unspecified atom stereocenters. The van der Waals surface area contributed by atoms with Crippen LogP contribution in [-0.2, 0) is 22.6 Å². The fraction of sp³-hybridized carbons (Fsp3) is 0.600. The Bertz CT molecular complexity index is 219. The third kappa shape index (κ3) is 4.75. The molecule has 1 aliphatic heterocycles. The summed E-state index contributed by atoms with van der Waals surface area (Å²) in [4.78, 5) is 26.9. The molecule has 0 radical (unpaired) electrons. The number of hydrogen-bond acceptors (Lipinski definition) is 4. The van der Waals surface area contributed by atoms with E-state index in [2.05, 4.69) is 9.98 Å². The zero-order valence-electron chi connectivity index (χ0n) is 6.27. The van der Waals surface area contributed by atoms with E-state index in [0.29, 0.717) is 29.9 Å². The van der Waals surface area contributed by atoms with Crippen molar-refractivity contribution >= 4 is 55.1 Å². The van der Waals surface area contributed by atoms with Crippen LogP contribution in [-0.4, -0.2) is 52.0 Å². The second-order valence-electron chi connectivity index (χ2n) is 1.67. The van der Waals surface area contributed by atoms with E-state index in [9.17, 15) is 13.5 Å². The summed E-state index contributed by atoms with van der Waals surface area (Å²) in [5, 5.41) is 0. The number of hydrogen-bond donors (Lipinski definition) is 0. The Morgan fingerprint density at radius 3 is 1.85 bits per heavy atom. The Kier molecular flexibility index (Phi) is 8.72. The molecule has 13 heavy (non-hydrogen) atoms. The molecule has 4 nitrogen and oxygen atoms in total. The van der Waals surface area contributed by atoms with Crippen LogP contribution in [0.1, 0.15) is 0 Å². The van der Waals surface area contributed by atoms with Gasteiger partial charge in [-0.2, -0.15) is 0 Å². The van der Waals surface area contributed by atoms with Crippen LogP contribution < -0.4 is 0 Å². The molecule has 1 heterocycles. The fourth-order valence-electron chi connectivity index (χ4n) is 0.649. The Balaban J connectivity index is 0.000000671. The predicted octanol–water partition coefficient (Wildman–Crippen LogP) is -1.01. The first-order chi connectivity index (χ1) is 6.38. The van der Waals surface area contributed by atoms with Crippen LogP contribution in [0, 0.1) is 0 Å². The number of nitrogens with zero attached hydrogens (tertiary/aromatic N) is 2. The van der Waals surface area contributed by atoms with E-state index < -0.39 is 0 Å². The van der Waals surface area contributed by atoms with Gasteiger partial charge in [-0.25, -0.2) is 0 Å². The quantitative estimate of drug-likeness (QED) is 0.281. The summed E-state index contributed by atoms with van der Waals surface area (Å²) in [6, 6.07) is 0. The van der Waals surface area contributed by atoms with Crippen molar-refractivity contribution in [3.63, 3.8) is 0 Å². The summed E-state index contributed by atoms with van der Waals surface area (Å²) in [5.41, 5.74) is 0. The molecule has 1 saturated heterocycles. The molecule has 0 aliphatic carbocycles. The van der Waals surface area contributed by atoms with Gasteiger partial charge in [0.1, 0.15) is 0 Å². The van der Waals surface area contributed by atoms with Crippen molar-refractivity contribution in [2.45, 2.75) is 14.1 Å². The maximum absolute atomic E-state index is 9.90. The van der Waals surface area contributed by atoms with Crippen molar-refractivity contribution in [2.24, 2.45) is 9.98 Å². The van der Waals surface area contributed by atoms with E-state index in [-0.39, 0.29) is 9.88 Å². The summed E-state index contributed by atoms with van der Waals surface area (Å²) in [6.07, 6.45) is 3.02. The van der Waals surface area contributed by atoms with Gasteiger partial charge in [0.25, 0.3) is 0 Å². The van der Waals surface area contributed by atoms with Gasteiger partial charge in [0, 0.05) is 3.89 Å². The average Bonchev–Trinajstić information content (AvgIpc) is 2.58. The SMILES string of the molecule is F[SH2+].O=C=NC1[Se]C[Se]C1N=C=O. The predicted molar refractivity (Wildman–Crippen MR) is 51.4 cm³/mol. The van der Waals surface area contributed by atoms with Gasteiger partial charge < -0.3 is 0 Å². The number of isocyanates is 2. The van der Waals surface area contributed by atoms with Gasteiger partial charge in [-0.1, -0.05) is 0 Å². The molecule has 1 fully saturated rings. The Hall–Kier alpha value is 0.0790.